The number of aliphatic hydroxyl groups is 1. The van der Waals surface area contributed by atoms with Crippen LogP contribution in [0.3, 0.4) is 0 Å². The van der Waals surface area contributed by atoms with E-state index in [1.807, 2.05) is 78.5 Å². The molecular formula is C30H21ClN2O3. The topological polar surface area (TPSA) is 62.5 Å². The molecule has 1 unspecified atom stereocenters. The van der Waals surface area contributed by atoms with Gasteiger partial charge in [-0.05, 0) is 47.2 Å². The summed E-state index contributed by atoms with van der Waals surface area (Å²) in [6, 6.07) is 27.1. The molecule has 6 heteroatoms. The van der Waals surface area contributed by atoms with Crippen molar-refractivity contribution >= 4 is 56.4 Å². The SMILES string of the molecule is Cn1cc(C2/C(=C(\O)c3ccc4ccccc4c3)C(=O)C(=O)N2c2ccc(Cl)cc2)c2ccccc21. The molecule has 4 aromatic carbocycles. The summed E-state index contributed by atoms with van der Waals surface area (Å²) in [5.41, 5.74) is 2.77. The predicted molar refractivity (Wildman–Crippen MR) is 143 cm³/mol. The van der Waals surface area contributed by atoms with Gasteiger partial charge in [0, 0.05) is 46.0 Å². The third-order valence-electron chi connectivity index (χ3n) is 6.79. The third kappa shape index (κ3) is 3.40. The van der Waals surface area contributed by atoms with Gasteiger partial charge in [-0.15, -0.1) is 0 Å². The van der Waals surface area contributed by atoms with Gasteiger partial charge in [0.25, 0.3) is 11.7 Å². The largest absolute Gasteiger partial charge is 0.507 e. The Hall–Kier alpha value is -4.35. The maximum atomic E-state index is 13.5. The Kier molecular flexibility index (Phi) is 5.16. The third-order valence-corrected chi connectivity index (χ3v) is 7.05. The van der Waals surface area contributed by atoms with Crippen LogP contribution >= 0.6 is 11.6 Å². The van der Waals surface area contributed by atoms with Crippen molar-refractivity contribution in [3.63, 3.8) is 0 Å². The lowest BCUT2D eigenvalue weighted by Crippen LogP contribution is -2.29. The first-order valence-electron chi connectivity index (χ1n) is 11.5. The fourth-order valence-electron chi connectivity index (χ4n) is 5.08. The van der Waals surface area contributed by atoms with Gasteiger partial charge in [-0.3, -0.25) is 14.5 Å². The first kappa shape index (κ1) is 22.1. The molecule has 176 valence electrons. The normalized spacial score (nSPS) is 17.4. The van der Waals surface area contributed by atoms with E-state index in [0.717, 1.165) is 27.2 Å². The summed E-state index contributed by atoms with van der Waals surface area (Å²) in [6.45, 7) is 0. The second-order valence-corrected chi connectivity index (χ2v) is 9.36. The van der Waals surface area contributed by atoms with Crippen molar-refractivity contribution in [3.8, 4) is 0 Å². The van der Waals surface area contributed by atoms with E-state index >= 15 is 0 Å². The van der Waals surface area contributed by atoms with Gasteiger partial charge in [0.1, 0.15) is 5.76 Å². The quantitative estimate of drug-likeness (QED) is 0.175. The molecule has 1 aliphatic rings. The van der Waals surface area contributed by atoms with Crippen molar-refractivity contribution in [3.05, 3.63) is 119 Å². The molecular weight excluding hydrogens is 472 g/mol. The van der Waals surface area contributed by atoms with E-state index in [1.165, 1.54) is 4.90 Å². The first-order chi connectivity index (χ1) is 17.4. The summed E-state index contributed by atoms with van der Waals surface area (Å²) >= 11 is 6.10. The molecule has 6 rings (SSSR count). The van der Waals surface area contributed by atoms with Crippen molar-refractivity contribution < 1.29 is 14.7 Å². The van der Waals surface area contributed by atoms with Gasteiger partial charge in [0.2, 0.25) is 0 Å². The highest BCUT2D eigenvalue weighted by Gasteiger charge is 2.47. The van der Waals surface area contributed by atoms with Crippen LogP contribution in [0.2, 0.25) is 5.02 Å². The second-order valence-electron chi connectivity index (χ2n) is 8.92. The molecule has 1 amide bonds. The van der Waals surface area contributed by atoms with Crippen LogP contribution in [-0.2, 0) is 16.6 Å². The Bertz CT molecular complexity index is 1720. The van der Waals surface area contributed by atoms with Crippen LogP contribution < -0.4 is 4.90 Å². The zero-order chi connectivity index (χ0) is 25.0. The molecule has 1 aliphatic heterocycles. The Morgan fingerprint density at radius 3 is 2.33 bits per heavy atom. The van der Waals surface area contributed by atoms with Gasteiger partial charge < -0.3 is 9.67 Å². The van der Waals surface area contributed by atoms with Gasteiger partial charge in [0.15, 0.2) is 0 Å². The Morgan fingerprint density at radius 2 is 1.56 bits per heavy atom. The number of aliphatic hydroxyl groups excluding tert-OH is 1. The maximum Gasteiger partial charge on any atom is 0.300 e. The number of benzene rings is 4. The van der Waals surface area contributed by atoms with Crippen molar-refractivity contribution in [2.75, 3.05) is 4.90 Å². The Labute approximate surface area is 212 Å². The molecule has 2 heterocycles. The molecule has 1 aromatic heterocycles. The van der Waals surface area contributed by atoms with Crippen molar-refractivity contribution in [1.82, 2.24) is 4.57 Å². The zero-order valence-corrected chi connectivity index (χ0v) is 20.1. The van der Waals surface area contributed by atoms with E-state index in [-0.39, 0.29) is 11.3 Å². The molecule has 0 spiro atoms. The molecule has 5 nitrogen and oxygen atoms in total. The number of nitrogens with zero attached hydrogens (tertiary/aromatic N) is 2. The zero-order valence-electron chi connectivity index (χ0n) is 19.4. The summed E-state index contributed by atoms with van der Waals surface area (Å²) in [5.74, 6) is -1.63. The number of halogens is 1. The minimum atomic E-state index is -0.816. The van der Waals surface area contributed by atoms with E-state index in [0.29, 0.717) is 16.3 Å². The van der Waals surface area contributed by atoms with E-state index in [2.05, 4.69) is 0 Å². The lowest BCUT2D eigenvalue weighted by atomic mass is 9.94. The fraction of sp³-hybridized carbons (Fsp3) is 0.0667. The number of para-hydroxylation sites is 1. The minimum Gasteiger partial charge on any atom is -0.507 e. The lowest BCUT2D eigenvalue weighted by Gasteiger charge is -2.25. The van der Waals surface area contributed by atoms with Gasteiger partial charge in [-0.1, -0.05) is 66.2 Å². The molecule has 1 atom stereocenters. The van der Waals surface area contributed by atoms with Crippen molar-refractivity contribution in [1.29, 1.82) is 0 Å². The monoisotopic (exact) mass is 492 g/mol. The van der Waals surface area contributed by atoms with Crippen LogP contribution in [0.1, 0.15) is 17.2 Å². The average molecular weight is 493 g/mol. The van der Waals surface area contributed by atoms with E-state index in [9.17, 15) is 14.7 Å². The summed E-state index contributed by atoms with van der Waals surface area (Å²) in [5, 5.41) is 14.9. The second kappa shape index (κ2) is 8.40. The van der Waals surface area contributed by atoms with E-state index in [4.69, 9.17) is 11.6 Å². The number of carbonyl (C=O) groups is 2. The summed E-state index contributed by atoms with van der Waals surface area (Å²) in [4.78, 5) is 28.4. The molecule has 0 bridgehead atoms. The Morgan fingerprint density at radius 1 is 0.861 bits per heavy atom. The number of hydrogen-bond donors (Lipinski definition) is 1. The van der Waals surface area contributed by atoms with Gasteiger partial charge in [-0.25, -0.2) is 0 Å². The number of fused-ring (bicyclic) bond motifs is 2. The number of aryl methyl sites for hydroxylation is 1. The number of ketones is 1. The fourth-order valence-corrected chi connectivity index (χ4v) is 5.20. The molecule has 1 N–H and O–H groups in total. The Balaban J connectivity index is 1.62. The van der Waals surface area contributed by atoms with Crippen LogP contribution in [0.15, 0.2) is 103 Å². The van der Waals surface area contributed by atoms with Crippen LogP contribution in [0.4, 0.5) is 5.69 Å². The first-order valence-corrected chi connectivity index (χ1v) is 11.9. The standard InChI is InChI=1S/C30H21ClN2O3/c1-32-17-24(23-8-4-5-9-25(23)32)27-26(28(34)20-11-10-18-6-2-3-7-19(18)16-20)29(35)30(36)33(27)22-14-12-21(31)13-15-22/h2-17,27,34H,1H3/b28-26+. The predicted octanol–water partition coefficient (Wildman–Crippen LogP) is 6.61. The molecule has 5 aromatic rings. The highest BCUT2D eigenvalue weighted by atomic mass is 35.5. The number of carbonyl (C=O) groups excluding carboxylic acids is 2. The summed E-state index contributed by atoms with van der Waals surface area (Å²) in [7, 11) is 1.92. The van der Waals surface area contributed by atoms with E-state index < -0.39 is 17.7 Å². The molecule has 1 fully saturated rings. The molecule has 0 saturated carbocycles. The summed E-state index contributed by atoms with van der Waals surface area (Å²) < 4.78 is 1.96. The van der Waals surface area contributed by atoms with Crippen LogP contribution in [-0.4, -0.2) is 21.4 Å². The van der Waals surface area contributed by atoms with Crippen LogP contribution in [0, 0.1) is 0 Å². The molecule has 0 aliphatic carbocycles. The highest BCUT2D eigenvalue weighted by molar-refractivity contribution is 6.52. The molecule has 0 radical (unpaired) electrons. The average Bonchev–Trinajstić information content (AvgIpc) is 3.37. The number of rotatable bonds is 3. The van der Waals surface area contributed by atoms with E-state index in [1.54, 1.807) is 30.3 Å². The molecule has 1 saturated heterocycles. The summed E-state index contributed by atoms with van der Waals surface area (Å²) in [6.07, 6.45) is 1.91. The number of amides is 1. The van der Waals surface area contributed by atoms with Gasteiger partial charge in [-0.2, -0.15) is 0 Å². The number of hydrogen-bond acceptors (Lipinski definition) is 3. The smallest absolute Gasteiger partial charge is 0.300 e. The van der Waals surface area contributed by atoms with Crippen LogP contribution in [0.5, 0.6) is 0 Å². The maximum absolute atomic E-state index is 13.5. The minimum absolute atomic E-state index is 0.0570. The van der Waals surface area contributed by atoms with Gasteiger partial charge in [0.05, 0.1) is 11.6 Å². The van der Waals surface area contributed by atoms with Crippen molar-refractivity contribution in [2.45, 2.75) is 6.04 Å². The number of aromatic nitrogens is 1. The number of anilines is 1. The lowest BCUT2D eigenvalue weighted by molar-refractivity contribution is -0.132. The van der Waals surface area contributed by atoms with Crippen LogP contribution in [0.25, 0.3) is 27.4 Å². The number of Topliss-reactive ketones (excluding diaryl/α,β-unsaturated/α-hetero) is 1. The molecule has 36 heavy (non-hydrogen) atoms. The highest BCUT2D eigenvalue weighted by Crippen LogP contribution is 2.45. The van der Waals surface area contributed by atoms with Crippen molar-refractivity contribution in [2.24, 2.45) is 7.05 Å². The van der Waals surface area contributed by atoms with Gasteiger partial charge >= 0.3 is 0 Å².